The van der Waals surface area contributed by atoms with Gasteiger partial charge in [-0.25, -0.2) is 0 Å². The van der Waals surface area contributed by atoms with E-state index in [4.69, 9.17) is 14.4 Å². The van der Waals surface area contributed by atoms with Crippen molar-refractivity contribution >= 4 is 5.78 Å². The van der Waals surface area contributed by atoms with Crippen LogP contribution in [0.4, 0.5) is 0 Å². The predicted molar refractivity (Wildman–Crippen MR) is 34.9 cm³/mol. The van der Waals surface area contributed by atoms with Gasteiger partial charge in [0.15, 0.2) is 5.78 Å². The molecule has 4 nitrogen and oxygen atoms in total. The predicted octanol–water partition coefficient (Wildman–Crippen LogP) is 0.960. The maximum atomic E-state index is 10.0. The van der Waals surface area contributed by atoms with Gasteiger partial charge in [-0.1, -0.05) is 0 Å². The van der Waals surface area contributed by atoms with Crippen LogP contribution in [0.3, 0.4) is 0 Å². The summed E-state index contributed by atoms with van der Waals surface area (Å²) in [5.41, 5.74) is 0. The number of rotatable bonds is 1. The van der Waals surface area contributed by atoms with Gasteiger partial charge in [0.1, 0.15) is 0 Å². The van der Waals surface area contributed by atoms with E-state index in [0.717, 1.165) is 0 Å². The van der Waals surface area contributed by atoms with Gasteiger partial charge < -0.3 is 5.11 Å². The van der Waals surface area contributed by atoms with Crippen molar-refractivity contribution in [2.75, 3.05) is 0 Å². The maximum Gasteiger partial charge on any atom is 0 e. The molecule has 0 aromatic rings. The Morgan fingerprint density at radius 2 is 1.50 bits per heavy atom. The summed E-state index contributed by atoms with van der Waals surface area (Å²) in [6.45, 7) is 11.8. The van der Waals surface area contributed by atoms with Crippen LogP contribution >= 0.6 is 0 Å². The standard InChI is InChI=1S/C5H8O2.2CO.Ir/c1-4(6)3-5(2)7;2*1-2;/h3,6H,1-2H3;;;/b4-3+;;;. The summed E-state index contributed by atoms with van der Waals surface area (Å²) in [5.74, 6) is -0.0625. The molecule has 0 rings (SSSR count). The number of aliphatic hydroxyl groups excluding tert-OH is 1. The zero-order valence-electron chi connectivity index (χ0n) is 6.58. The number of carbonyl (C=O) groups is 1. The van der Waals surface area contributed by atoms with E-state index in [1.807, 2.05) is 0 Å². The Balaban J connectivity index is -0.0000000560. The van der Waals surface area contributed by atoms with Gasteiger partial charge in [0.2, 0.25) is 0 Å². The van der Waals surface area contributed by atoms with E-state index in [9.17, 15) is 4.79 Å². The van der Waals surface area contributed by atoms with Gasteiger partial charge in [0.05, 0.1) is 5.76 Å². The van der Waals surface area contributed by atoms with E-state index in [1.54, 1.807) is 0 Å². The van der Waals surface area contributed by atoms with Crippen molar-refractivity contribution in [3.63, 3.8) is 0 Å². The zero-order valence-corrected chi connectivity index (χ0v) is 8.98. The second-order valence-corrected chi connectivity index (χ2v) is 1.40. The monoisotopic (exact) mass is 349 g/mol. The Labute approximate surface area is 84.4 Å². The fourth-order valence-corrected chi connectivity index (χ4v) is 0.294. The Morgan fingerprint density at radius 1 is 1.25 bits per heavy atom. The molecular formula is C7H8IrO4. The molecule has 0 spiro atoms. The third-order valence-corrected chi connectivity index (χ3v) is 0.412. The van der Waals surface area contributed by atoms with Crippen LogP contribution in [0.15, 0.2) is 11.8 Å². The van der Waals surface area contributed by atoms with Gasteiger partial charge in [-0.3, -0.25) is 4.79 Å². The molecule has 1 N–H and O–H groups in total. The van der Waals surface area contributed by atoms with E-state index in [2.05, 4.69) is 13.3 Å². The molecule has 69 valence electrons. The molecule has 0 aliphatic rings. The quantitative estimate of drug-likeness (QED) is 0.332. The summed E-state index contributed by atoms with van der Waals surface area (Å²) >= 11 is 0. The van der Waals surface area contributed by atoms with E-state index in [1.165, 1.54) is 19.9 Å². The van der Waals surface area contributed by atoms with Crippen LogP contribution in [0.2, 0.25) is 0 Å². The van der Waals surface area contributed by atoms with Crippen molar-refractivity contribution in [2.24, 2.45) is 0 Å². The molecule has 0 heterocycles. The summed E-state index contributed by atoms with van der Waals surface area (Å²) in [6, 6.07) is 0. The van der Waals surface area contributed by atoms with Gasteiger partial charge in [-0.05, 0) is 13.8 Å². The third kappa shape index (κ3) is 58.2. The first-order valence-corrected chi connectivity index (χ1v) is 2.41. The van der Waals surface area contributed by atoms with E-state index < -0.39 is 0 Å². The number of carbonyl (C=O) groups excluding carboxylic acids is 1. The molecule has 0 saturated carbocycles. The summed E-state index contributed by atoms with van der Waals surface area (Å²) < 4.78 is 15.0. The summed E-state index contributed by atoms with van der Waals surface area (Å²) in [4.78, 5) is 10.0. The molecule has 0 aliphatic heterocycles. The van der Waals surface area contributed by atoms with Crippen molar-refractivity contribution < 1.29 is 39.3 Å². The maximum absolute atomic E-state index is 10.0. The van der Waals surface area contributed by atoms with Crippen LogP contribution in [-0.4, -0.2) is 10.9 Å². The van der Waals surface area contributed by atoms with Gasteiger partial charge in [0.25, 0.3) is 0 Å². The summed E-state index contributed by atoms with van der Waals surface area (Å²) in [6.07, 6.45) is 1.17. The first kappa shape index (κ1) is 22.5. The summed E-state index contributed by atoms with van der Waals surface area (Å²) in [5, 5.41) is 8.36. The van der Waals surface area contributed by atoms with Crippen LogP contribution < -0.4 is 0 Å². The molecule has 0 aromatic heterocycles. The molecule has 0 saturated heterocycles. The molecule has 0 atom stereocenters. The molecule has 0 aliphatic carbocycles. The topological polar surface area (TPSA) is 77.1 Å². The molecule has 0 bridgehead atoms. The van der Waals surface area contributed by atoms with E-state index >= 15 is 0 Å². The SMILES string of the molecule is CC(=O)/C=C(\C)O.[C-]#[O+].[C-]#[O+].[Ir]. The first-order chi connectivity index (χ1) is 5.13. The number of hydrogen-bond donors (Lipinski definition) is 1. The average molecular weight is 348 g/mol. The first-order valence-electron chi connectivity index (χ1n) is 2.41. The van der Waals surface area contributed by atoms with Crippen molar-refractivity contribution in [2.45, 2.75) is 13.8 Å². The smallest absolute Gasteiger partial charge is 0 e. The minimum absolute atomic E-state index is 0. The third-order valence-electron chi connectivity index (χ3n) is 0.412. The zero-order chi connectivity index (χ0) is 9.86. The Bertz CT molecular complexity index is 159. The number of ketones is 1. The molecule has 0 fully saturated rings. The van der Waals surface area contributed by atoms with E-state index in [0.29, 0.717) is 0 Å². The number of aliphatic hydroxyl groups is 1. The van der Waals surface area contributed by atoms with Crippen molar-refractivity contribution in [1.29, 1.82) is 0 Å². The minimum Gasteiger partial charge on any atom is 0 e. The number of hydrogen-bond acceptors (Lipinski definition) is 2. The Hall–Kier alpha value is -0.661. The van der Waals surface area contributed by atoms with Gasteiger partial charge in [-0.15, -0.1) is 0 Å². The average Bonchev–Trinajstić information content (AvgIpc) is 1.93. The molecular weight excluding hydrogens is 340 g/mol. The van der Waals surface area contributed by atoms with Crippen LogP contribution in [0.1, 0.15) is 13.8 Å². The minimum atomic E-state index is -0.125. The molecule has 1 radical (unpaired) electrons. The van der Waals surface area contributed by atoms with Crippen molar-refractivity contribution in [1.82, 2.24) is 0 Å². The van der Waals surface area contributed by atoms with E-state index in [-0.39, 0.29) is 31.6 Å². The van der Waals surface area contributed by atoms with Crippen LogP contribution in [0.25, 0.3) is 0 Å². The van der Waals surface area contributed by atoms with Crippen LogP contribution in [-0.2, 0) is 34.2 Å². The summed E-state index contributed by atoms with van der Waals surface area (Å²) in [7, 11) is 0. The molecule has 5 heteroatoms. The Morgan fingerprint density at radius 3 is 1.50 bits per heavy atom. The molecule has 0 amide bonds. The van der Waals surface area contributed by atoms with Crippen molar-refractivity contribution in [3.05, 3.63) is 25.1 Å². The molecule has 0 unspecified atom stereocenters. The van der Waals surface area contributed by atoms with Crippen LogP contribution in [0, 0.1) is 13.3 Å². The van der Waals surface area contributed by atoms with Gasteiger partial charge in [0, 0.05) is 26.2 Å². The second-order valence-electron chi connectivity index (χ2n) is 1.40. The fourth-order valence-electron chi connectivity index (χ4n) is 0.294. The Kier molecular flexibility index (Phi) is 42.1. The number of allylic oxidation sites excluding steroid dienone is 2. The second kappa shape index (κ2) is 22.4. The van der Waals surface area contributed by atoms with Crippen LogP contribution in [0.5, 0.6) is 0 Å². The normalized spacial score (nSPS) is 7.00. The molecule has 0 aromatic carbocycles. The van der Waals surface area contributed by atoms with Gasteiger partial charge >= 0.3 is 22.6 Å². The fraction of sp³-hybridized carbons (Fsp3) is 0.286. The largest absolute Gasteiger partial charge is 0 e. The van der Waals surface area contributed by atoms with Gasteiger partial charge in [-0.2, -0.15) is 0 Å². The van der Waals surface area contributed by atoms with Crippen molar-refractivity contribution in [3.8, 4) is 0 Å². The molecule has 12 heavy (non-hydrogen) atoms.